The Morgan fingerprint density at radius 1 is 1.18 bits per heavy atom. The molecule has 1 fully saturated rings. The molecule has 0 aliphatic carbocycles. The lowest BCUT2D eigenvalue weighted by Crippen LogP contribution is -2.46. The average molecular weight is 367 g/mol. The Balaban J connectivity index is 0.00000220. The van der Waals surface area contributed by atoms with Gasteiger partial charge in [0.05, 0.1) is 5.69 Å². The first-order valence-corrected chi connectivity index (χ1v) is 7.14. The number of nitrogens with zero attached hydrogens (tertiary/aromatic N) is 3. The van der Waals surface area contributed by atoms with E-state index in [1.807, 2.05) is 0 Å². The maximum Gasteiger partial charge on any atom is 0.223 e. The van der Waals surface area contributed by atoms with Crippen molar-refractivity contribution in [3.8, 4) is 0 Å². The predicted octanol–water partition coefficient (Wildman–Crippen LogP) is 3.32. The van der Waals surface area contributed by atoms with Gasteiger partial charge in [-0.25, -0.2) is 4.99 Å². The Morgan fingerprint density at radius 3 is 2.41 bits per heavy atom. The molecule has 1 heterocycles. The number of likely N-dealkylation sites (tertiary alicyclic amines) is 1. The van der Waals surface area contributed by atoms with Crippen LogP contribution in [0.3, 0.4) is 0 Å². The average Bonchev–Trinajstić information content (AvgIpc) is 2.41. The van der Waals surface area contributed by atoms with Crippen LogP contribution in [-0.4, -0.2) is 29.4 Å². The first-order valence-electron chi connectivity index (χ1n) is 6.77. The molecule has 2 rings (SSSR count). The third-order valence-corrected chi connectivity index (χ3v) is 3.65. The van der Waals surface area contributed by atoms with Crippen LogP contribution in [0.25, 0.3) is 0 Å². The maximum absolute atomic E-state index is 6.01. The Labute approximate surface area is 148 Å². The molecule has 1 saturated heterocycles. The van der Waals surface area contributed by atoms with Crippen LogP contribution in [0.1, 0.15) is 26.2 Å². The molecule has 1 aromatic carbocycles. The second-order valence-corrected chi connectivity index (χ2v) is 5.39. The maximum atomic E-state index is 6.01. The van der Waals surface area contributed by atoms with Crippen LogP contribution in [0.15, 0.2) is 34.3 Å². The quantitative estimate of drug-likeness (QED) is 0.591. The molecule has 0 radical (unpaired) electrons. The van der Waals surface area contributed by atoms with Gasteiger partial charge in [-0.05, 0) is 50.5 Å². The third kappa shape index (κ3) is 5.91. The Bertz CT molecular complexity index is 516. The number of guanidine groups is 2. The van der Waals surface area contributed by atoms with E-state index in [9.17, 15) is 0 Å². The van der Waals surface area contributed by atoms with Gasteiger partial charge in [0, 0.05) is 17.6 Å². The van der Waals surface area contributed by atoms with Crippen LogP contribution in [-0.2, 0) is 0 Å². The van der Waals surface area contributed by atoms with E-state index in [1.165, 1.54) is 6.42 Å². The minimum atomic E-state index is 0. The molecule has 22 heavy (non-hydrogen) atoms. The van der Waals surface area contributed by atoms with Crippen molar-refractivity contribution in [1.82, 2.24) is 4.90 Å². The van der Waals surface area contributed by atoms with Crippen LogP contribution in [0, 0.1) is 0 Å². The predicted molar refractivity (Wildman–Crippen MR) is 98.9 cm³/mol. The zero-order chi connectivity index (χ0) is 14.5. The minimum absolute atomic E-state index is 0. The molecule has 0 aromatic heterocycles. The van der Waals surface area contributed by atoms with Crippen LogP contribution >= 0.6 is 36.4 Å². The number of hydrogen-bond donors (Lipinski definition) is 2. The Morgan fingerprint density at radius 2 is 1.82 bits per heavy atom. The van der Waals surface area contributed by atoms with E-state index >= 15 is 0 Å². The fourth-order valence-electron chi connectivity index (χ4n) is 2.29. The molecule has 1 aromatic rings. The summed E-state index contributed by atoms with van der Waals surface area (Å²) in [6.07, 6.45) is 3.50. The third-order valence-electron chi connectivity index (χ3n) is 3.40. The number of benzene rings is 1. The molecular weight excluding hydrogens is 345 g/mol. The van der Waals surface area contributed by atoms with E-state index in [2.05, 4.69) is 21.8 Å². The summed E-state index contributed by atoms with van der Waals surface area (Å²) in [6, 6.07) is 7.48. The van der Waals surface area contributed by atoms with Crippen LogP contribution in [0.4, 0.5) is 5.69 Å². The molecule has 5 nitrogen and oxygen atoms in total. The van der Waals surface area contributed by atoms with Gasteiger partial charge >= 0.3 is 0 Å². The van der Waals surface area contributed by atoms with Crippen molar-refractivity contribution in [3.63, 3.8) is 0 Å². The van der Waals surface area contributed by atoms with Gasteiger partial charge in [-0.1, -0.05) is 11.6 Å². The summed E-state index contributed by atoms with van der Waals surface area (Å²) in [6.45, 7) is 3.07. The molecule has 0 spiro atoms. The summed E-state index contributed by atoms with van der Waals surface area (Å²) in [7, 11) is 0. The van der Waals surface area contributed by atoms with Gasteiger partial charge in [-0.15, -0.1) is 24.8 Å². The summed E-state index contributed by atoms with van der Waals surface area (Å²) in [5, 5.41) is 0.660. The molecule has 0 amide bonds. The van der Waals surface area contributed by atoms with E-state index in [-0.39, 0.29) is 30.8 Å². The molecule has 8 heteroatoms. The van der Waals surface area contributed by atoms with Gasteiger partial charge in [0.15, 0.2) is 5.96 Å². The van der Waals surface area contributed by atoms with Crippen LogP contribution in [0.2, 0.25) is 5.02 Å². The van der Waals surface area contributed by atoms with E-state index in [0.29, 0.717) is 22.7 Å². The summed E-state index contributed by atoms with van der Waals surface area (Å²) < 4.78 is 0. The molecule has 1 unspecified atom stereocenters. The van der Waals surface area contributed by atoms with E-state index in [0.717, 1.165) is 19.4 Å². The summed E-state index contributed by atoms with van der Waals surface area (Å²) in [5.41, 5.74) is 12.5. The van der Waals surface area contributed by atoms with Crippen molar-refractivity contribution in [3.05, 3.63) is 29.3 Å². The largest absolute Gasteiger partial charge is 0.369 e. The van der Waals surface area contributed by atoms with Gasteiger partial charge in [0.1, 0.15) is 0 Å². The van der Waals surface area contributed by atoms with Crippen molar-refractivity contribution in [2.75, 3.05) is 6.54 Å². The number of rotatable bonds is 1. The number of nitrogens with two attached hydrogens (primary N) is 2. The molecule has 0 bridgehead atoms. The number of piperidine rings is 1. The number of aliphatic imine (C=N–C) groups is 2. The highest BCUT2D eigenvalue weighted by molar-refractivity contribution is 6.30. The second-order valence-electron chi connectivity index (χ2n) is 4.95. The first-order chi connectivity index (χ1) is 9.56. The smallest absolute Gasteiger partial charge is 0.223 e. The summed E-state index contributed by atoms with van der Waals surface area (Å²) >= 11 is 5.82. The Hall–Kier alpha value is -1.17. The zero-order valence-corrected chi connectivity index (χ0v) is 14.8. The SMILES string of the molecule is CC1CCCCN1/C(N)=N\C(N)=Nc1ccc(Cl)cc1.Cl.Cl. The highest BCUT2D eigenvalue weighted by Crippen LogP contribution is 2.17. The summed E-state index contributed by atoms with van der Waals surface area (Å²) in [4.78, 5) is 10.5. The van der Waals surface area contributed by atoms with Crippen molar-refractivity contribution in [1.29, 1.82) is 0 Å². The standard InChI is InChI=1S/C14H20ClN5.2ClH/c1-10-4-2-3-9-20(10)14(17)19-13(16)18-12-7-5-11(15)6-8-12;;/h5-8,10H,2-4,9H2,1H3,(H4,16,17,18,19);2*1H. The van der Waals surface area contributed by atoms with Gasteiger partial charge in [-0.2, -0.15) is 4.99 Å². The number of halogens is 3. The van der Waals surface area contributed by atoms with E-state index < -0.39 is 0 Å². The normalized spacial score (nSPS) is 19.2. The molecule has 4 N–H and O–H groups in total. The monoisotopic (exact) mass is 365 g/mol. The van der Waals surface area contributed by atoms with E-state index in [4.69, 9.17) is 23.1 Å². The van der Waals surface area contributed by atoms with E-state index in [1.54, 1.807) is 24.3 Å². The zero-order valence-electron chi connectivity index (χ0n) is 12.4. The molecule has 1 aliphatic rings. The lowest BCUT2D eigenvalue weighted by molar-refractivity contribution is 0.256. The van der Waals surface area contributed by atoms with Crippen molar-refractivity contribution < 1.29 is 0 Å². The van der Waals surface area contributed by atoms with Crippen molar-refractivity contribution in [2.45, 2.75) is 32.2 Å². The van der Waals surface area contributed by atoms with Crippen LogP contribution < -0.4 is 11.5 Å². The lowest BCUT2D eigenvalue weighted by atomic mass is 10.0. The molecule has 1 atom stereocenters. The van der Waals surface area contributed by atoms with Crippen molar-refractivity contribution >= 4 is 54.0 Å². The van der Waals surface area contributed by atoms with Crippen LogP contribution in [0.5, 0.6) is 0 Å². The highest BCUT2D eigenvalue weighted by Gasteiger charge is 2.19. The van der Waals surface area contributed by atoms with Gasteiger partial charge in [-0.3, -0.25) is 0 Å². The van der Waals surface area contributed by atoms with Gasteiger partial charge in [0.2, 0.25) is 5.96 Å². The molecular formula is C14H22Cl3N5. The van der Waals surface area contributed by atoms with Gasteiger partial charge < -0.3 is 16.4 Å². The second kappa shape index (κ2) is 9.77. The first kappa shape index (κ1) is 20.8. The summed E-state index contributed by atoms with van der Waals surface area (Å²) in [5.74, 6) is 0.593. The van der Waals surface area contributed by atoms with Gasteiger partial charge in [0.25, 0.3) is 0 Å². The molecule has 0 saturated carbocycles. The topological polar surface area (TPSA) is 80.0 Å². The number of hydrogen-bond acceptors (Lipinski definition) is 1. The fourth-order valence-corrected chi connectivity index (χ4v) is 2.42. The molecule has 124 valence electrons. The fraction of sp³-hybridized carbons (Fsp3) is 0.429. The highest BCUT2D eigenvalue weighted by atomic mass is 35.5. The Kier molecular flexibility index (Phi) is 9.25. The minimum Gasteiger partial charge on any atom is -0.369 e. The molecule has 1 aliphatic heterocycles. The van der Waals surface area contributed by atoms with Crippen molar-refractivity contribution in [2.24, 2.45) is 21.5 Å². The lowest BCUT2D eigenvalue weighted by Gasteiger charge is -2.34.